The second kappa shape index (κ2) is 6.44. The Hall–Kier alpha value is -1.95. The molecule has 2 aliphatic rings. The molecule has 1 atom stereocenters. The third kappa shape index (κ3) is 3.27. The fourth-order valence-corrected chi connectivity index (χ4v) is 3.20. The molecule has 0 spiro atoms. The number of halogens is 1. The number of rotatable bonds is 3. The Balaban J connectivity index is 1.64. The largest absolute Gasteiger partial charge is 0.353 e. The zero-order chi connectivity index (χ0) is 15.5. The summed E-state index contributed by atoms with van der Waals surface area (Å²) in [6, 6.07) is 6.66. The molecule has 2 fully saturated rings. The van der Waals surface area contributed by atoms with Crippen LogP contribution in [0.4, 0.5) is 4.39 Å². The lowest BCUT2D eigenvalue weighted by Crippen LogP contribution is -2.52. The van der Waals surface area contributed by atoms with Crippen LogP contribution >= 0.6 is 0 Å². The number of piperazine rings is 1. The van der Waals surface area contributed by atoms with Crippen LogP contribution in [0.2, 0.25) is 0 Å². The van der Waals surface area contributed by atoms with E-state index in [1.165, 1.54) is 12.1 Å². The van der Waals surface area contributed by atoms with Crippen LogP contribution < -0.4 is 5.32 Å². The van der Waals surface area contributed by atoms with Crippen LogP contribution in [0.15, 0.2) is 24.3 Å². The summed E-state index contributed by atoms with van der Waals surface area (Å²) in [6.07, 6.45) is 2.00. The second-order valence-corrected chi connectivity index (χ2v) is 5.85. The van der Waals surface area contributed by atoms with E-state index >= 15 is 0 Å². The molecule has 22 heavy (non-hydrogen) atoms. The van der Waals surface area contributed by atoms with E-state index in [9.17, 15) is 14.0 Å². The highest BCUT2D eigenvalue weighted by molar-refractivity contribution is 5.86. The maximum absolute atomic E-state index is 13.0. The van der Waals surface area contributed by atoms with Crippen molar-refractivity contribution in [1.29, 1.82) is 0 Å². The molecule has 1 N–H and O–H groups in total. The lowest BCUT2D eigenvalue weighted by Gasteiger charge is -2.30. The van der Waals surface area contributed by atoms with Gasteiger partial charge in [0.15, 0.2) is 0 Å². The van der Waals surface area contributed by atoms with Crippen molar-refractivity contribution >= 4 is 11.8 Å². The molecule has 2 saturated heterocycles. The van der Waals surface area contributed by atoms with Crippen LogP contribution in [0.5, 0.6) is 0 Å². The number of carbonyl (C=O) groups is 2. The Morgan fingerprint density at radius 3 is 2.77 bits per heavy atom. The van der Waals surface area contributed by atoms with E-state index < -0.39 is 0 Å². The molecule has 1 unspecified atom stereocenters. The number of nitrogens with zero attached hydrogens (tertiary/aromatic N) is 2. The summed E-state index contributed by atoms with van der Waals surface area (Å²) in [7, 11) is 0. The van der Waals surface area contributed by atoms with Crippen molar-refractivity contribution < 1.29 is 14.0 Å². The van der Waals surface area contributed by atoms with Crippen LogP contribution in [0, 0.1) is 5.82 Å². The first-order chi connectivity index (χ1) is 10.6. The molecule has 2 amide bonds. The molecule has 6 heteroatoms. The molecule has 118 valence electrons. The number of hydrogen-bond acceptors (Lipinski definition) is 3. The first-order valence-corrected chi connectivity index (χ1v) is 7.67. The minimum Gasteiger partial charge on any atom is -0.353 e. The molecule has 0 aromatic heterocycles. The van der Waals surface area contributed by atoms with E-state index in [2.05, 4.69) is 10.2 Å². The van der Waals surface area contributed by atoms with E-state index in [1.807, 2.05) is 0 Å². The molecule has 0 saturated carbocycles. The summed E-state index contributed by atoms with van der Waals surface area (Å²) < 4.78 is 13.0. The monoisotopic (exact) mass is 305 g/mol. The molecule has 0 radical (unpaired) electrons. The fraction of sp³-hybridized carbons (Fsp3) is 0.500. The molecule has 5 nitrogen and oxygen atoms in total. The number of amides is 2. The molecule has 0 bridgehead atoms. The normalized spacial score (nSPS) is 22.7. The number of likely N-dealkylation sites (tertiary alicyclic amines) is 1. The molecule has 1 aromatic rings. The zero-order valence-corrected chi connectivity index (χ0v) is 12.4. The predicted molar refractivity (Wildman–Crippen MR) is 79.5 cm³/mol. The van der Waals surface area contributed by atoms with Gasteiger partial charge in [0.25, 0.3) is 0 Å². The minimum atomic E-state index is -0.247. The van der Waals surface area contributed by atoms with Crippen molar-refractivity contribution in [3.8, 4) is 0 Å². The van der Waals surface area contributed by atoms with Gasteiger partial charge in [0.2, 0.25) is 11.8 Å². The van der Waals surface area contributed by atoms with Crippen molar-refractivity contribution in [2.75, 3.05) is 32.7 Å². The van der Waals surface area contributed by atoms with Crippen molar-refractivity contribution in [2.24, 2.45) is 0 Å². The van der Waals surface area contributed by atoms with Gasteiger partial charge in [0, 0.05) is 19.1 Å². The van der Waals surface area contributed by atoms with E-state index in [-0.39, 0.29) is 30.2 Å². The third-order valence-electron chi connectivity index (χ3n) is 4.35. The van der Waals surface area contributed by atoms with Gasteiger partial charge in [0.05, 0.1) is 13.1 Å². The Morgan fingerprint density at radius 1 is 1.27 bits per heavy atom. The molecule has 3 rings (SSSR count). The summed E-state index contributed by atoms with van der Waals surface area (Å²) in [5.41, 5.74) is 1.04. The lowest BCUT2D eigenvalue weighted by molar-refractivity contribution is -0.139. The molecular formula is C16H20FN3O2. The highest BCUT2D eigenvalue weighted by Crippen LogP contribution is 2.31. The molecule has 0 aliphatic carbocycles. The van der Waals surface area contributed by atoms with Crippen molar-refractivity contribution in [2.45, 2.75) is 18.9 Å². The summed E-state index contributed by atoms with van der Waals surface area (Å²) in [5.74, 6) is -0.358. The highest BCUT2D eigenvalue weighted by Gasteiger charge is 2.30. The fourth-order valence-electron chi connectivity index (χ4n) is 3.20. The number of benzene rings is 1. The summed E-state index contributed by atoms with van der Waals surface area (Å²) in [5, 5.41) is 2.72. The van der Waals surface area contributed by atoms with Crippen molar-refractivity contribution in [1.82, 2.24) is 15.1 Å². The zero-order valence-electron chi connectivity index (χ0n) is 12.4. The maximum Gasteiger partial charge on any atom is 0.239 e. The Kier molecular flexibility index (Phi) is 4.38. The second-order valence-electron chi connectivity index (χ2n) is 5.85. The van der Waals surface area contributed by atoms with Gasteiger partial charge in [-0.15, -0.1) is 0 Å². The molecule has 2 heterocycles. The van der Waals surface area contributed by atoms with Crippen LogP contribution in [-0.4, -0.2) is 54.3 Å². The molecule has 1 aromatic carbocycles. The van der Waals surface area contributed by atoms with E-state index in [4.69, 9.17) is 0 Å². The standard InChI is InChI=1S/C16H20FN3O2/c17-13-5-3-12(4-6-13)14-2-1-8-19(14)11-16(22)20-9-7-18-15(21)10-20/h3-6,14H,1-2,7-11H2,(H,18,21). The topological polar surface area (TPSA) is 52.7 Å². The minimum absolute atomic E-state index is 0.0103. The van der Waals surface area contributed by atoms with Crippen LogP contribution in [-0.2, 0) is 9.59 Å². The van der Waals surface area contributed by atoms with Crippen LogP contribution in [0.25, 0.3) is 0 Å². The number of nitrogens with one attached hydrogen (secondary N) is 1. The van der Waals surface area contributed by atoms with Crippen LogP contribution in [0.1, 0.15) is 24.4 Å². The number of hydrogen-bond donors (Lipinski definition) is 1. The smallest absolute Gasteiger partial charge is 0.239 e. The van der Waals surface area contributed by atoms with E-state index in [1.54, 1.807) is 17.0 Å². The van der Waals surface area contributed by atoms with Gasteiger partial charge in [-0.1, -0.05) is 12.1 Å². The Labute approximate surface area is 129 Å². The average Bonchev–Trinajstić information content (AvgIpc) is 2.96. The summed E-state index contributed by atoms with van der Waals surface area (Å²) in [4.78, 5) is 27.5. The van der Waals surface area contributed by atoms with Crippen LogP contribution in [0.3, 0.4) is 0 Å². The average molecular weight is 305 g/mol. The van der Waals surface area contributed by atoms with E-state index in [0.717, 1.165) is 24.9 Å². The first kappa shape index (κ1) is 15.0. The summed E-state index contributed by atoms with van der Waals surface area (Å²) in [6.45, 7) is 2.41. The maximum atomic E-state index is 13.0. The van der Waals surface area contributed by atoms with Gasteiger partial charge in [-0.25, -0.2) is 4.39 Å². The SMILES string of the molecule is O=C1CN(C(=O)CN2CCCC2c2ccc(F)cc2)CCN1. The number of carbonyl (C=O) groups excluding carboxylic acids is 2. The highest BCUT2D eigenvalue weighted by atomic mass is 19.1. The molecule has 2 aliphatic heterocycles. The van der Waals surface area contributed by atoms with Gasteiger partial charge < -0.3 is 10.2 Å². The lowest BCUT2D eigenvalue weighted by atomic mass is 10.0. The van der Waals surface area contributed by atoms with Gasteiger partial charge in [-0.2, -0.15) is 0 Å². The predicted octanol–water partition coefficient (Wildman–Crippen LogP) is 0.921. The van der Waals surface area contributed by atoms with Crippen molar-refractivity contribution in [3.63, 3.8) is 0 Å². The van der Waals surface area contributed by atoms with Gasteiger partial charge in [-0.3, -0.25) is 14.5 Å². The van der Waals surface area contributed by atoms with Gasteiger partial charge >= 0.3 is 0 Å². The Morgan fingerprint density at radius 2 is 2.05 bits per heavy atom. The van der Waals surface area contributed by atoms with Gasteiger partial charge in [0.1, 0.15) is 5.82 Å². The quantitative estimate of drug-likeness (QED) is 0.903. The first-order valence-electron chi connectivity index (χ1n) is 7.67. The molecular weight excluding hydrogens is 285 g/mol. The Bertz CT molecular complexity index is 561. The van der Waals surface area contributed by atoms with E-state index in [0.29, 0.717) is 19.6 Å². The van der Waals surface area contributed by atoms with Gasteiger partial charge in [-0.05, 0) is 37.1 Å². The summed E-state index contributed by atoms with van der Waals surface area (Å²) >= 11 is 0. The van der Waals surface area contributed by atoms with Crippen molar-refractivity contribution in [3.05, 3.63) is 35.6 Å². The third-order valence-corrected chi connectivity index (χ3v) is 4.35.